The fourth-order valence-electron chi connectivity index (χ4n) is 2.60. The molecule has 2 aromatic carbocycles. The molecule has 0 aromatic heterocycles. The molecule has 2 aromatic rings. The molecule has 158 valence electrons. The van der Waals surface area contributed by atoms with Crippen LogP contribution in [0, 0.1) is 0 Å². The fraction of sp³-hybridized carbons (Fsp3) is 0.316. The van der Waals surface area contributed by atoms with Crippen molar-refractivity contribution in [1.29, 1.82) is 0 Å². The molecule has 0 saturated heterocycles. The summed E-state index contributed by atoms with van der Waals surface area (Å²) in [6.07, 6.45) is -3.78. The molecule has 0 atom stereocenters. The van der Waals surface area contributed by atoms with E-state index >= 15 is 0 Å². The molecule has 10 heteroatoms. The molecule has 0 saturated carbocycles. The second-order valence-electron chi connectivity index (χ2n) is 6.42. The lowest BCUT2D eigenvalue weighted by Crippen LogP contribution is -2.42. The molecule has 0 unspecified atom stereocenters. The number of carbonyl (C=O) groups excluding carboxylic acids is 1. The van der Waals surface area contributed by atoms with Crippen LogP contribution in [0.1, 0.15) is 5.56 Å². The van der Waals surface area contributed by atoms with Crippen molar-refractivity contribution in [1.82, 2.24) is 5.32 Å². The number of rotatable bonds is 8. The Morgan fingerprint density at radius 1 is 1.03 bits per heavy atom. The van der Waals surface area contributed by atoms with E-state index in [1.807, 2.05) is 42.3 Å². The topological polar surface area (TPSA) is 69.7 Å². The third-order valence-electron chi connectivity index (χ3n) is 4.12. The highest BCUT2D eigenvalue weighted by Crippen LogP contribution is 2.32. The molecular weight excluding hydrogens is 407 g/mol. The number of nitrogens with one attached hydrogen (secondary N) is 1. The maximum Gasteiger partial charge on any atom is 0.416 e. The van der Waals surface area contributed by atoms with Crippen LogP contribution in [0.5, 0.6) is 0 Å². The Kier molecular flexibility index (Phi) is 7.12. The molecule has 0 bridgehead atoms. The van der Waals surface area contributed by atoms with E-state index in [2.05, 4.69) is 5.32 Å². The first-order chi connectivity index (χ1) is 13.5. The van der Waals surface area contributed by atoms with Gasteiger partial charge in [-0.2, -0.15) is 13.2 Å². The Bertz CT molecular complexity index is 934. The van der Waals surface area contributed by atoms with Gasteiger partial charge in [0, 0.05) is 25.8 Å². The van der Waals surface area contributed by atoms with Crippen LogP contribution in [0.15, 0.2) is 54.6 Å². The lowest BCUT2D eigenvalue weighted by molar-refractivity contribution is -0.137. The summed E-state index contributed by atoms with van der Waals surface area (Å²) in [6, 6.07) is 13.3. The number of nitrogens with zero attached hydrogens (tertiary/aromatic N) is 2. The molecule has 1 amide bonds. The van der Waals surface area contributed by atoms with Gasteiger partial charge in [-0.1, -0.05) is 24.3 Å². The minimum absolute atomic E-state index is 0.223. The van der Waals surface area contributed by atoms with Gasteiger partial charge in [0.2, 0.25) is 15.9 Å². The van der Waals surface area contributed by atoms with Gasteiger partial charge >= 0.3 is 6.18 Å². The number of carbonyl (C=O) groups is 1. The minimum Gasteiger partial charge on any atom is -0.373 e. The van der Waals surface area contributed by atoms with E-state index < -0.39 is 34.2 Å². The third-order valence-corrected chi connectivity index (χ3v) is 5.26. The first-order valence-corrected chi connectivity index (χ1v) is 10.5. The van der Waals surface area contributed by atoms with Gasteiger partial charge in [0.1, 0.15) is 6.54 Å². The van der Waals surface area contributed by atoms with Gasteiger partial charge in [-0.05, 0) is 30.3 Å². The molecule has 0 aliphatic carbocycles. The molecule has 6 nitrogen and oxygen atoms in total. The van der Waals surface area contributed by atoms with Crippen LogP contribution < -0.4 is 14.5 Å². The molecule has 0 aliphatic heterocycles. The standard InChI is InChI=1S/C19H22F3N3O3S/c1-24(16-8-4-3-5-9-16)12-11-23-18(26)14-25(29(2,27)28)17-10-6-7-15(13-17)19(20,21)22/h3-10,13H,11-12,14H2,1-2H3,(H,23,26). The van der Waals surface area contributed by atoms with Crippen LogP contribution >= 0.6 is 0 Å². The van der Waals surface area contributed by atoms with E-state index in [0.29, 0.717) is 16.9 Å². The Hall–Kier alpha value is -2.75. The Labute approximate surface area is 168 Å². The van der Waals surface area contributed by atoms with Crippen molar-refractivity contribution in [3.05, 3.63) is 60.2 Å². The van der Waals surface area contributed by atoms with Crippen LogP contribution in [-0.2, 0) is 21.0 Å². The minimum atomic E-state index is -4.62. The number of alkyl halides is 3. The number of hydrogen-bond donors (Lipinski definition) is 1. The highest BCUT2D eigenvalue weighted by molar-refractivity contribution is 7.92. The highest BCUT2D eigenvalue weighted by Gasteiger charge is 2.31. The smallest absolute Gasteiger partial charge is 0.373 e. The van der Waals surface area contributed by atoms with Crippen molar-refractivity contribution >= 4 is 27.3 Å². The number of para-hydroxylation sites is 1. The predicted octanol–water partition coefficient (Wildman–Crippen LogP) is 2.72. The molecule has 0 aliphatic rings. The first kappa shape index (κ1) is 22.5. The number of amides is 1. The average molecular weight is 429 g/mol. The normalized spacial score (nSPS) is 11.8. The van der Waals surface area contributed by atoms with Gasteiger partial charge in [0.05, 0.1) is 17.5 Å². The van der Waals surface area contributed by atoms with Crippen LogP contribution in [0.2, 0.25) is 0 Å². The van der Waals surface area contributed by atoms with E-state index in [4.69, 9.17) is 0 Å². The molecule has 1 N–H and O–H groups in total. The van der Waals surface area contributed by atoms with E-state index in [0.717, 1.165) is 24.1 Å². The quantitative estimate of drug-likeness (QED) is 0.701. The summed E-state index contributed by atoms with van der Waals surface area (Å²) in [7, 11) is -2.12. The SMILES string of the molecule is CN(CCNC(=O)CN(c1cccc(C(F)(F)F)c1)S(C)(=O)=O)c1ccccc1. The third kappa shape index (κ3) is 6.67. The van der Waals surface area contributed by atoms with Crippen molar-refractivity contribution < 1.29 is 26.4 Å². The summed E-state index contributed by atoms with van der Waals surface area (Å²) in [6.45, 7) is 0.0950. The van der Waals surface area contributed by atoms with Gasteiger partial charge in [-0.25, -0.2) is 8.42 Å². The lowest BCUT2D eigenvalue weighted by Gasteiger charge is -2.23. The summed E-state index contributed by atoms with van der Waals surface area (Å²) in [5.74, 6) is -0.616. The van der Waals surface area contributed by atoms with Crippen molar-refractivity contribution in [2.45, 2.75) is 6.18 Å². The summed E-state index contributed by atoms with van der Waals surface area (Å²) in [5, 5.41) is 2.59. The number of sulfonamides is 1. The summed E-state index contributed by atoms with van der Waals surface area (Å²) in [5.41, 5.74) is -0.268. The maximum absolute atomic E-state index is 12.9. The van der Waals surface area contributed by atoms with Crippen molar-refractivity contribution in [3.8, 4) is 0 Å². The van der Waals surface area contributed by atoms with Crippen LogP contribution in [0.3, 0.4) is 0 Å². The average Bonchev–Trinajstić information content (AvgIpc) is 2.65. The zero-order valence-corrected chi connectivity index (χ0v) is 16.8. The fourth-order valence-corrected chi connectivity index (χ4v) is 3.45. The monoisotopic (exact) mass is 429 g/mol. The Morgan fingerprint density at radius 2 is 1.66 bits per heavy atom. The van der Waals surface area contributed by atoms with Gasteiger partial charge in [0.25, 0.3) is 0 Å². The van der Waals surface area contributed by atoms with Crippen LogP contribution in [0.4, 0.5) is 24.5 Å². The molecule has 0 fully saturated rings. The largest absolute Gasteiger partial charge is 0.416 e. The first-order valence-electron chi connectivity index (χ1n) is 8.66. The molecule has 2 rings (SSSR count). The Balaban J connectivity index is 2.03. The second-order valence-corrected chi connectivity index (χ2v) is 8.33. The maximum atomic E-state index is 12.9. The van der Waals surface area contributed by atoms with E-state index in [-0.39, 0.29) is 12.2 Å². The Morgan fingerprint density at radius 3 is 2.24 bits per heavy atom. The number of halogens is 3. The highest BCUT2D eigenvalue weighted by atomic mass is 32.2. The summed E-state index contributed by atoms with van der Waals surface area (Å²) >= 11 is 0. The van der Waals surface area contributed by atoms with E-state index in [1.54, 1.807) is 0 Å². The number of likely N-dealkylation sites (N-methyl/N-ethyl adjacent to an activating group) is 1. The molecular formula is C19H22F3N3O3S. The number of anilines is 2. The van der Waals surface area contributed by atoms with Crippen molar-refractivity contribution in [2.24, 2.45) is 0 Å². The molecule has 0 heterocycles. The van der Waals surface area contributed by atoms with Gasteiger partial charge in [-0.3, -0.25) is 9.10 Å². The van der Waals surface area contributed by atoms with Crippen LogP contribution in [-0.4, -0.2) is 47.3 Å². The zero-order valence-electron chi connectivity index (χ0n) is 16.0. The number of hydrogen-bond acceptors (Lipinski definition) is 4. The van der Waals surface area contributed by atoms with Gasteiger partial charge < -0.3 is 10.2 Å². The molecule has 0 radical (unpaired) electrons. The summed E-state index contributed by atoms with van der Waals surface area (Å²) in [4.78, 5) is 14.1. The second kappa shape index (κ2) is 9.17. The summed E-state index contributed by atoms with van der Waals surface area (Å²) < 4.78 is 63.5. The van der Waals surface area contributed by atoms with Gasteiger partial charge in [-0.15, -0.1) is 0 Å². The van der Waals surface area contributed by atoms with Crippen LogP contribution in [0.25, 0.3) is 0 Å². The van der Waals surface area contributed by atoms with E-state index in [1.165, 1.54) is 6.07 Å². The molecule has 29 heavy (non-hydrogen) atoms. The predicted molar refractivity (Wildman–Crippen MR) is 106 cm³/mol. The molecule has 0 spiro atoms. The lowest BCUT2D eigenvalue weighted by atomic mass is 10.2. The number of benzene rings is 2. The van der Waals surface area contributed by atoms with Crippen molar-refractivity contribution in [3.63, 3.8) is 0 Å². The van der Waals surface area contributed by atoms with Crippen molar-refractivity contribution in [2.75, 3.05) is 42.1 Å². The zero-order chi connectivity index (χ0) is 21.7. The van der Waals surface area contributed by atoms with Gasteiger partial charge in [0.15, 0.2) is 0 Å². The van der Waals surface area contributed by atoms with E-state index in [9.17, 15) is 26.4 Å².